The Morgan fingerprint density at radius 3 is 2.93 bits per heavy atom. The van der Waals surface area contributed by atoms with Gasteiger partial charge in [-0.25, -0.2) is 0 Å². The van der Waals surface area contributed by atoms with Crippen molar-refractivity contribution in [3.8, 4) is 11.5 Å². The fourth-order valence-corrected chi connectivity index (χ4v) is 1.42. The Bertz CT molecular complexity index is 321. The molecule has 0 bridgehead atoms. The van der Waals surface area contributed by atoms with Gasteiger partial charge in [0.15, 0.2) is 11.5 Å². The molecule has 14 heavy (non-hydrogen) atoms. The smallest absolute Gasteiger partial charge is 0.162 e. The number of rotatable bonds is 4. The lowest BCUT2D eigenvalue weighted by atomic mass is 10.2. The van der Waals surface area contributed by atoms with Gasteiger partial charge < -0.3 is 15.2 Å². The minimum Gasteiger partial charge on any atom is -0.504 e. The van der Waals surface area contributed by atoms with E-state index in [1.165, 1.54) is 12.8 Å². The first kappa shape index (κ1) is 9.34. The topological polar surface area (TPSA) is 41.5 Å². The first-order chi connectivity index (χ1) is 6.81. The number of hydrogen-bond acceptors (Lipinski definition) is 3. The Labute approximate surface area is 83.7 Å². The molecule has 0 spiro atoms. The lowest BCUT2D eigenvalue weighted by Crippen LogP contribution is -2.15. The molecule has 76 valence electrons. The Balaban J connectivity index is 2.06. The number of methoxy groups -OCH3 is 1. The van der Waals surface area contributed by atoms with Crippen LogP contribution in [0.1, 0.15) is 18.4 Å². The van der Waals surface area contributed by atoms with Gasteiger partial charge in [-0.2, -0.15) is 0 Å². The molecule has 0 atom stereocenters. The average molecular weight is 193 g/mol. The normalized spacial score (nSPS) is 15.5. The van der Waals surface area contributed by atoms with Gasteiger partial charge in [0.2, 0.25) is 0 Å². The van der Waals surface area contributed by atoms with Crippen LogP contribution in [0.2, 0.25) is 0 Å². The van der Waals surface area contributed by atoms with Crippen LogP contribution >= 0.6 is 0 Å². The zero-order valence-corrected chi connectivity index (χ0v) is 8.29. The molecule has 0 saturated heterocycles. The van der Waals surface area contributed by atoms with Crippen LogP contribution in [-0.2, 0) is 6.54 Å². The van der Waals surface area contributed by atoms with Gasteiger partial charge in [-0.3, -0.25) is 0 Å². The van der Waals surface area contributed by atoms with Gasteiger partial charge in [0, 0.05) is 18.2 Å². The first-order valence-electron chi connectivity index (χ1n) is 4.89. The zero-order chi connectivity index (χ0) is 9.97. The molecule has 3 heteroatoms. The molecule has 0 aromatic heterocycles. The van der Waals surface area contributed by atoms with E-state index in [1.54, 1.807) is 13.2 Å². The van der Waals surface area contributed by atoms with Crippen LogP contribution in [0.3, 0.4) is 0 Å². The minimum atomic E-state index is 0.253. The SMILES string of the molecule is COc1cccc(CNC2CC2)c1O. The summed E-state index contributed by atoms with van der Waals surface area (Å²) in [5.41, 5.74) is 0.899. The molecule has 3 nitrogen and oxygen atoms in total. The van der Waals surface area contributed by atoms with Gasteiger partial charge in [0.25, 0.3) is 0 Å². The fraction of sp³-hybridized carbons (Fsp3) is 0.455. The van der Waals surface area contributed by atoms with Crippen molar-refractivity contribution in [1.29, 1.82) is 0 Å². The molecular weight excluding hydrogens is 178 g/mol. The Hall–Kier alpha value is -1.22. The summed E-state index contributed by atoms with van der Waals surface area (Å²) in [4.78, 5) is 0. The molecule has 1 saturated carbocycles. The quantitative estimate of drug-likeness (QED) is 0.764. The lowest BCUT2D eigenvalue weighted by molar-refractivity contribution is 0.369. The number of hydrogen-bond donors (Lipinski definition) is 2. The number of phenolic OH excluding ortho intramolecular Hbond substituents is 1. The summed E-state index contributed by atoms with van der Waals surface area (Å²) in [6.07, 6.45) is 2.51. The second-order valence-electron chi connectivity index (χ2n) is 3.62. The highest BCUT2D eigenvalue weighted by atomic mass is 16.5. The Morgan fingerprint density at radius 1 is 1.50 bits per heavy atom. The van der Waals surface area contributed by atoms with Gasteiger partial charge in [-0.05, 0) is 18.9 Å². The van der Waals surface area contributed by atoms with Gasteiger partial charge in [-0.15, -0.1) is 0 Å². The maximum absolute atomic E-state index is 9.76. The van der Waals surface area contributed by atoms with Crippen LogP contribution in [0, 0.1) is 0 Å². The summed E-state index contributed by atoms with van der Waals surface area (Å²) < 4.78 is 5.03. The van der Waals surface area contributed by atoms with E-state index in [2.05, 4.69) is 5.32 Å². The number of phenols is 1. The zero-order valence-electron chi connectivity index (χ0n) is 8.29. The molecule has 2 rings (SSSR count). The van der Waals surface area contributed by atoms with E-state index in [0.29, 0.717) is 18.3 Å². The fourth-order valence-electron chi connectivity index (χ4n) is 1.42. The lowest BCUT2D eigenvalue weighted by Gasteiger charge is -2.08. The number of para-hydroxylation sites is 1. The summed E-state index contributed by atoms with van der Waals surface area (Å²) in [6.45, 7) is 0.716. The maximum atomic E-state index is 9.76. The number of benzene rings is 1. The standard InChI is InChI=1S/C11H15NO2/c1-14-10-4-2-3-8(11(10)13)7-12-9-5-6-9/h2-4,9,12-13H,5-7H2,1H3. The van der Waals surface area contributed by atoms with E-state index in [4.69, 9.17) is 4.74 Å². The van der Waals surface area contributed by atoms with Crippen LogP contribution in [0.15, 0.2) is 18.2 Å². The molecule has 1 aromatic carbocycles. The van der Waals surface area contributed by atoms with Crippen LogP contribution in [0.4, 0.5) is 0 Å². The van der Waals surface area contributed by atoms with E-state index in [-0.39, 0.29) is 5.75 Å². The van der Waals surface area contributed by atoms with Crippen molar-refractivity contribution in [2.24, 2.45) is 0 Å². The third kappa shape index (κ3) is 1.99. The molecule has 0 radical (unpaired) electrons. The van der Waals surface area contributed by atoms with Crippen molar-refractivity contribution < 1.29 is 9.84 Å². The molecule has 0 amide bonds. The second-order valence-corrected chi connectivity index (χ2v) is 3.62. The van der Waals surface area contributed by atoms with Gasteiger partial charge in [0.05, 0.1) is 7.11 Å². The summed E-state index contributed by atoms with van der Waals surface area (Å²) >= 11 is 0. The molecule has 1 aliphatic carbocycles. The van der Waals surface area contributed by atoms with Gasteiger partial charge in [-0.1, -0.05) is 12.1 Å². The summed E-state index contributed by atoms with van der Waals surface area (Å²) in [7, 11) is 1.56. The van der Waals surface area contributed by atoms with Crippen molar-refractivity contribution in [2.75, 3.05) is 7.11 Å². The number of ether oxygens (including phenoxy) is 1. The van der Waals surface area contributed by atoms with Crippen molar-refractivity contribution >= 4 is 0 Å². The number of aromatic hydroxyl groups is 1. The molecular formula is C11H15NO2. The minimum absolute atomic E-state index is 0.253. The third-order valence-corrected chi connectivity index (χ3v) is 2.46. The molecule has 1 aromatic rings. The molecule has 2 N–H and O–H groups in total. The Kier molecular flexibility index (Phi) is 2.59. The highest BCUT2D eigenvalue weighted by Crippen LogP contribution is 2.30. The summed E-state index contributed by atoms with van der Waals surface area (Å²) in [5.74, 6) is 0.795. The third-order valence-electron chi connectivity index (χ3n) is 2.46. The first-order valence-corrected chi connectivity index (χ1v) is 4.89. The van der Waals surface area contributed by atoms with Crippen LogP contribution in [0.5, 0.6) is 11.5 Å². The summed E-state index contributed by atoms with van der Waals surface area (Å²) in [6, 6.07) is 6.21. The number of nitrogens with one attached hydrogen (secondary N) is 1. The molecule has 0 unspecified atom stereocenters. The summed E-state index contributed by atoms with van der Waals surface area (Å²) in [5, 5.41) is 13.1. The molecule has 1 fully saturated rings. The van der Waals surface area contributed by atoms with Crippen molar-refractivity contribution in [2.45, 2.75) is 25.4 Å². The second kappa shape index (κ2) is 3.88. The van der Waals surface area contributed by atoms with Crippen LogP contribution in [0.25, 0.3) is 0 Å². The monoisotopic (exact) mass is 193 g/mol. The molecule has 0 heterocycles. The molecule has 1 aliphatic rings. The predicted molar refractivity (Wildman–Crippen MR) is 54.5 cm³/mol. The van der Waals surface area contributed by atoms with Crippen molar-refractivity contribution in [1.82, 2.24) is 5.32 Å². The van der Waals surface area contributed by atoms with Crippen molar-refractivity contribution in [3.63, 3.8) is 0 Å². The average Bonchev–Trinajstić information content (AvgIpc) is 3.00. The predicted octanol–water partition coefficient (Wildman–Crippen LogP) is 1.65. The van der Waals surface area contributed by atoms with Gasteiger partial charge >= 0.3 is 0 Å². The molecule has 0 aliphatic heterocycles. The highest BCUT2D eigenvalue weighted by molar-refractivity contribution is 5.45. The van der Waals surface area contributed by atoms with E-state index in [1.807, 2.05) is 12.1 Å². The van der Waals surface area contributed by atoms with E-state index >= 15 is 0 Å². The highest BCUT2D eigenvalue weighted by Gasteiger charge is 2.20. The van der Waals surface area contributed by atoms with Crippen LogP contribution < -0.4 is 10.1 Å². The van der Waals surface area contributed by atoms with Crippen molar-refractivity contribution in [3.05, 3.63) is 23.8 Å². The van der Waals surface area contributed by atoms with E-state index in [0.717, 1.165) is 5.56 Å². The van der Waals surface area contributed by atoms with Gasteiger partial charge in [0.1, 0.15) is 0 Å². The Morgan fingerprint density at radius 2 is 2.29 bits per heavy atom. The maximum Gasteiger partial charge on any atom is 0.162 e. The van der Waals surface area contributed by atoms with E-state index in [9.17, 15) is 5.11 Å². The largest absolute Gasteiger partial charge is 0.504 e. The van der Waals surface area contributed by atoms with Crippen LogP contribution in [-0.4, -0.2) is 18.3 Å². The van der Waals surface area contributed by atoms with E-state index < -0.39 is 0 Å².